The molecule has 2 bridgehead atoms. The molecule has 2 saturated heterocycles. The number of nitrogens with zero attached hydrogens (tertiary/aromatic N) is 2. The molecule has 5 heteroatoms. The summed E-state index contributed by atoms with van der Waals surface area (Å²) in [6, 6.07) is 4.46. The zero-order valence-electron chi connectivity index (χ0n) is 10.1. The minimum absolute atomic E-state index is 0.0634. The summed E-state index contributed by atoms with van der Waals surface area (Å²) < 4.78 is 0. The van der Waals surface area contributed by atoms with Gasteiger partial charge in [0.2, 0.25) is 0 Å². The van der Waals surface area contributed by atoms with Crippen LogP contribution in [-0.2, 0) is 0 Å². The monoisotopic (exact) mass is 265 g/mol. The van der Waals surface area contributed by atoms with Crippen molar-refractivity contribution in [2.24, 2.45) is 0 Å². The molecule has 2 aliphatic rings. The number of hydrogen-bond donors (Lipinski definition) is 1. The van der Waals surface area contributed by atoms with Gasteiger partial charge in [-0.05, 0) is 31.4 Å². The SMILES string of the molecule is O=C(c1ccc(Cl)nc1)N1CC[C@H]2CC[C@@H](C1)N2. The normalized spacial score (nSPS) is 27.1. The smallest absolute Gasteiger partial charge is 0.255 e. The number of likely N-dealkylation sites (tertiary alicyclic amines) is 1. The van der Waals surface area contributed by atoms with Crippen molar-refractivity contribution in [1.82, 2.24) is 15.2 Å². The van der Waals surface area contributed by atoms with E-state index in [1.165, 1.54) is 12.8 Å². The number of fused-ring (bicyclic) bond motifs is 2. The van der Waals surface area contributed by atoms with Crippen molar-refractivity contribution in [1.29, 1.82) is 0 Å². The van der Waals surface area contributed by atoms with E-state index in [0.717, 1.165) is 19.5 Å². The summed E-state index contributed by atoms with van der Waals surface area (Å²) in [7, 11) is 0. The van der Waals surface area contributed by atoms with E-state index in [1.807, 2.05) is 4.90 Å². The first-order valence-corrected chi connectivity index (χ1v) is 6.77. The molecule has 2 atom stereocenters. The number of halogens is 1. The molecule has 0 saturated carbocycles. The molecule has 1 aromatic rings. The van der Waals surface area contributed by atoms with Crippen molar-refractivity contribution in [3.05, 3.63) is 29.0 Å². The second kappa shape index (κ2) is 4.86. The Bertz CT molecular complexity index is 448. The number of aromatic nitrogens is 1. The molecule has 3 heterocycles. The zero-order chi connectivity index (χ0) is 12.5. The maximum atomic E-state index is 12.4. The Hall–Kier alpha value is -1.13. The quantitative estimate of drug-likeness (QED) is 0.786. The highest BCUT2D eigenvalue weighted by Crippen LogP contribution is 2.21. The second-order valence-corrected chi connectivity index (χ2v) is 5.43. The molecular weight excluding hydrogens is 250 g/mol. The molecular formula is C13H16ClN3O. The van der Waals surface area contributed by atoms with Crippen LogP contribution in [0.5, 0.6) is 0 Å². The van der Waals surface area contributed by atoms with E-state index < -0.39 is 0 Å². The Labute approximate surface area is 111 Å². The highest BCUT2D eigenvalue weighted by atomic mass is 35.5. The van der Waals surface area contributed by atoms with E-state index in [9.17, 15) is 4.79 Å². The third kappa shape index (κ3) is 2.35. The van der Waals surface area contributed by atoms with Crippen LogP contribution >= 0.6 is 11.6 Å². The summed E-state index contributed by atoms with van der Waals surface area (Å²) in [5, 5.41) is 3.99. The second-order valence-electron chi connectivity index (χ2n) is 5.05. The van der Waals surface area contributed by atoms with Crippen LogP contribution < -0.4 is 5.32 Å². The van der Waals surface area contributed by atoms with Crippen LogP contribution in [0, 0.1) is 0 Å². The van der Waals surface area contributed by atoms with Gasteiger partial charge in [-0.2, -0.15) is 0 Å². The number of amides is 1. The first-order chi connectivity index (χ1) is 8.72. The zero-order valence-corrected chi connectivity index (χ0v) is 10.9. The standard InChI is InChI=1S/C13H16ClN3O/c14-12-4-1-9(7-15-12)13(18)17-6-5-10-2-3-11(8-17)16-10/h1,4,7,10-11,16H,2-3,5-6,8H2/t10-,11+/m1/s1. The van der Waals surface area contributed by atoms with E-state index in [4.69, 9.17) is 11.6 Å². The third-order valence-electron chi connectivity index (χ3n) is 3.78. The Balaban J connectivity index is 1.74. The van der Waals surface area contributed by atoms with Crippen LogP contribution in [0.25, 0.3) is 0 Å². The van der Waals surface area contributed by atoms with Crippen molar-refractivity contribution >= 4 is 17.5 Å². The number of hydrogen-bond acceptors (Lipinski definition) is 3. The molecule has 4 nitrogen and oxygen atoms in total. The van der Waals surface area contributed by atoms with Crippen molar-refractivity contribution < 1.29 is 4.79 Å². The molecule has 0 spiro atoms. The Morgan fingerprint density at radius 1 is 1.33 bits per heavy atom. The molecule has 2 aliphatic heterocycles. The van der Waals surface area contributed by atoms with Crippen LogP contribution in [-0.4, -0.2) is 41.0 Å². The lowest BCUT2D eigenvalue weighted by Gasteiger charge is -2.24. The van der Waals surface area contributed by atoms with Crippen LogP contribution in [0.1, 0.15) is 29.6 Å². The number of pyridine rings is 1. The molecule has 1 aromatic heterocycles. The maximum Gasteiger partial charge on any atom is 0.255 e. The minimum atomic E-state index is 0.0634. The summed E-state index contributed by atoms with van der Waals surface area (Å²) >= 11 is 5.73. The maximum absolute atomic E-state index is 12.4. The fourth-order valence-corrected chi connectivity index (χ4v) is 2.92. The highest BCUT2D eigenvalue weighted by Gasteiger charge is 2.31. The molecule has 96 valence electrons. The molecule has 0 aliphatic carbocycles. The average molecular weight is 266 g/mol. The molecule has 18 heavy (non-hydrogen) atoms. The third-order valence-corrected chi connectivity index (χ3v) is 4.01. The molecule has 1 amide bonds. The Morgan fingerprint density at radius 3 is 2.94 bits per heavy atom. The lowest BCUT2D eigenvalue weighted by molar-refractivity contribution is 0.0748. The van der Waals surface area contributed by atoms with Crippen molar-refractivity contribution in [2.75, 3.05) is 13.1 Å². The Morgan fingerprint density at radius 2 is 2.17 bits per heavy atom. The van der Waals surface area contributed by atoms with Crippen LogP contribution in [0.2, 0.25) is 5.15 Å². The van der Waals surface area contributed by atoms with Gasteiger partial charge in [0, 0.05) is 31.4 Å². The van der Waals surface area contributed by atoms with Gasteiger partial charge in [-0.15, -0.1) is 0 Å². The fraction of sp³-hybridized carbons (Fsp3) is 0.538. The summed E-state index contributed by atoms with van der Waals surface area (Å²) in [6.07, 6.45) is 5.02. The number of nitrogens with one attached hydrogen (secondary N) is 1. The predicted octanol–water partition coefficient (Wildman–Crippen LogP) is 1.70. The average Bonchev–Trinajstić information content (AvgIpc) is 2.69. The van der Waals surface area contributed by atoms with Gasteiger partial charge in [-0.3, -0.25) is 4.79 Å². The lowest BCUT2D eigenvalue weighted by atomic mass is 10.1. The lowest BCUT2D eigenvalue weighted by Crippen LogP contribution is -2.39. The molecule has 3 rings (SSSR count). The van der Waals surface area contributed by atoms with Crippen LogP contribution in [0.15, 0.2) is 18.3 Å². The van der Waals surface area contributed by atoms with E-state index >= 15 is 0 Å². The highest BCUT2D eigenvalue weighted by molar-refractivity contribution is 6.29. The molecule has 0 aromatic carbocycles. The molecule has 2 fully saturated rings. The van der Waals surface area contributed by atoms with Gasteiger partial charge in [0.1, 0.15) is 5.15 Å². The van der Waals surface area contributed by atoms with E-state index in [1.54, 1.807) is 18.3 Å². The fourth-order valence-electron chi connectivity index (χ4n) is 2.81. The van der Waals surface area contributed by atoms with Crippen molar-refractivity contribution in [2.45, 2.75) is 31.3 Å². The van der Waals surface area contributed by atoms with Gasteiger partial charge < -0.3 is 10.2 Å². The first-order valence-electron chi connectivity index (χ1n) is 6.39. The Kier molecular flexibility index (Phi) is 3.22. The van der Waals surface area contributed by atoms with Gasteiger partial charge in [-0.1, -0.05) is 11.6 Å². The number of carbonyl (C=O) groups excluding carboxylic acids is 1. The van der Waals surface area contributed by atoms with E-state index in [0.29, 0.717) is 22.8 Å². The number of carbonyl (C=O) groups is 1. The minimum Gasteiger partial charge on any atom is -0.337 e. The van der Waals surface area contributed by atoms with Crippen LogP contribution in [0.3, 0.4) is 0 Å². The molecule has 0 unspecified atom stereocenters. The molecule has 1 N–H and O–H groups in total. The predicted molar refractivity (Wildman–Crippen MR) is 69.7 cm³/mol. The van der Waals surface area contributed by atoms with Gasteiger partial charge in [0.25, 0.3) is 5.91 Å². The largest absolute Gasteiger partial charge is 0.337 e. The van der Waals surface area contributed by atoms with E-state index in [-0.39, 0.29) is 5.91 Å². The summed E-state index contributed by atoms with van der Waals surface area (Å²) in [5.41, 5.74) is 0.622. The number of rotatable bonds is 1. The summed E-state index contributed by atoms with van der Waals surface area (Å²) in [6.45, 7) is 1.63. The summed E-state index contributed by atoms with van der Waals surface area (Å²) in [5.74, 6) is 0.0634. The molecule has 0 radical (unpaired) electrons. The van der Waals surface area contributed by atoms with Gasteiger partial charge in [-0.25, -0.2) is 4.98 Å². The van der Waals surface area contributed by atoms with Crippen molar-refractivity contribution in [3.8, 4) is 0 Å². The van der Waals surface area contributed by atoms with E-state index in [2.05, 4.69) is 10.3 Å². The summed E-state index contributed by atoms with van der Waals surface area (Å²) in [4.78, 5) is 18.3. The first kappa shape index (κ1) is 11.9. The topological polar surface area (TPSA) is 45.2 Å². The van der Waals surface area contributed by atoms with Gasteiger partial charge in [0.05, 0.1) is 5.56 Å². The van der Waals surface area contributed by atoms with Gasteiger partial charge >= 0.3 is 0 Å². The van der Waals surface area contributed by atoms with Gasteiger partial charge in [0.15, 0.2) is 0 Å². The van der Waals surface area contributed by atoms with Crippen molar-refractivity contribution in [3.63, 3.8) is 0 Å². The van der Waals surface area contributed by atoms with Crippen LogP contribution in [0.4, 0.5) is 0 Å².